The van der Waals surface area contributed by atoms with Crippen LogP contribution in [-0.2, 0) is 6.54 Å². The third-order valence-corrected chi connectivity index (χ3v) is 4.05. The van der Waals surface area contributed by atoms with Crippen LogP contribution in [0, 0.1) is 5.92 Å². The van der Waals surface area contributed by atoms with Gasteiger partial charge in [-0.25, -0.2) is 0 Å². The molecule has 0 aliphatic carbocycles. The summed E-state index contributed by atoms with van der Waals surface area (Å²) < 4.78 is 38.8. The minimum Gasteiger partial charge on any atom is -0.371 e. The molecule has 1 saturated heterocycles. The predicted molar refractivity (Wildman–Crippen MR) is 73.0 cm³/mol. The van der Waals surface area contributed by atoms with Gasteiger partial charge in [-0.1, -0.05) is 15.9 Å². The first-order valence-electron chi connectivity index (χ1n) is 6.22. The van der Waals surface area contributed by atoms with Gasteiger partial charge in [0.2, 0.25) is 0 Å². The second kappa shape index (κ2) is 5.71. The van der Waals surface area contributed by atoms with Crippen molar-refractivity contribution in [2.75, 3.05) is 18.0 Å². The van der Waals surface area contributed by atoms with Crippen LogP contribution in [0.2, 0.25) is 0 Å². The van der Waals surface area contributed by atoms with Crippen molar-refractivity contribution in [2.45, 2.75) is 25.6 Å². The van der Waals surface area contributed by atoms with Gasteiger partial charge >= 0.3 is 6.18 Å². The maximum Gasteiger partial charge on any atom is 0.391 e. The van der Waals surface area contributed by atoms with E-state index in [4.69, 9.17) is 5.73 Å². The molecule has 0 radical (unpaired) electrons. The molecule has 106 valence electrons. The Morgan fingerprint density at radius 2 is 1.89 bits per heavy atom. The van der Waals surface area contributed by atoms with Crippen molar-refractivity contribution in [2.24, 2.45) is 11.7 Å². The van der Waals surface area contributed by atoms with Crippen molar-refractivity contribution in [3.8, 4) is 0 Å². The molecule has 6 heteroatoms. The van der Waals surface area contributed by atoms with E-state index in [0.29, 0.717) is 19.6 Å². The molecule has 1 fully saturated rings. The van der Waals surface area contributed by atoms with Crippen molar-refractivity contribution in [3.05, 3.63) is 28.2 Å². The summed E-state index contributed by atoms with van der Waals surface area (Å²) in [5, 5.41) is 0. The van der Waals surface area contributed by atoms with Gasteiger partial charge in [0, 0.05) is 29.8 Å². The van der Waals surface area contributed by atoms with Crippen LogP contribution < -0.4 is 10.6 Å². The van der Waals surface area contributed by atoms with E-state index in [1.54, 1.807) is 0 Å². The monoisotopic (exact) mass is 336 g/mol. The largest absolute Gasteiger partial charge is 0.391 e. The fraction of sp³-hybridized carbons (Fsp3) is 0.538. The Kier molecular flexibility index (Phi) is 4.40. The molecule has 0 spiro atoms. The normalized spacial score (nSPS) is 17.8. The molecule has 0 atom stereocenters. The van der Waals surface area contributed by atoms with E-state index in [0.717, 1.165) is 15.7 Å². The Morgan fingerprint density at radius 3 is 2.42 bits per heavy atom. The third-order valence-electron chi connectivity index (χ3n) is 3.56. The average molecular weight is 337 g/mol. The first kappa shape index (κ1) is 14.7. The van der Waals surface area contributed by atoms with Crippen LogP contribution in [0.1, 0.15) is 18.4 Å². The number of benzene rings is 1. The third kappa shape index (κ3) is 3.42. The van der Waals surface area contributed by atoms with E-state index in [1.807, 2.05) is 23.1 Å². The molecular formula is C13H16BrF3N2. The topological polar surface area (TPSA) is 29.3 Å². The second-order valence-corrected chi connectivity index (χ2v) is 5.70. The molecule has 0 amide bonds. The summed E-state index contributed by atoms with van der Waals surface area (Å²) in [5.74, 6) is -1.17. The number of piperidine rings is 1. The highest BCUT2D eigenvalue weighted by atomic mass is 79.9. The molecule has 2 nitrogen and oxygen atoms in total. The lowest BCUT2D eigenvalue weighted by molar-refractivity contribution is -0.179. The molecule has 1 aliphatic heterocycles. The molecule has 0 bridgehead atoms. The minimum atomic E-state index is -4.07. The second-order valence-electron chi connectivity index (χ2n) is 4.78. The van der Waals surface area contributed by atoms with E-state index in [1.165, 1.54) is 0 Å². The highest BCUT2D eigenvalue weighted by molar-refractivity contribution is 9.10. The average Bonchev–Trinajstić information content (AvgIpc) is 2.37. The zero-order valence-corrected chi connectivity index (χ0v) is 12.0. The van der Waals surface area contributed by atoms with E-state index in [9.17, 15) is 13.2 Å². The highest BCUT2D eigenvalue weighted by Crippen LogP contribution is 2.36. The molecule has 1 aliphatic rings. The van der Waals surface area contributed by atoms with Crippen LogP contribution in [0.15, 0.2) is 22.7 Å². The number of nitrogens with zero attached hydrogens (tertiary/aromatic N) is 1. The first-order chi connectivity index (χ1) is 8.91. The van der Waals surface area contributed by atoms with E-state index in [2.05, 4.69) is 15.9 Å². The quantitative estimate of drug-likeness (QED) is 0.892. The van der Waals surface area contributed by atoms with Crippen molar-refractivity contribution in [1.29, 1.82) is 0 Å². The van der Waals surface area contributed by atoms with Crippen LogP contribution in [0.25, 0.3) is 0 Å². The Labute approximate surface area is 118 Å². The number of hydrogen-bond acceptors (Lipinski definition) is 2. The van der Waals surface area contributed by atoms with Gasteiger partial charge < -0.3 is 10.6 Å². The summed E-state index contributed by atoms with van der Waals surface area (Å²) in [6.45, 7) is 1.24. The number of nitrogens with two attached hydrogens (primary N) is 1. The summed E-state index contributed by atoms with van der Waals surface area (Å²) in [4.78, 5) is 2.00. The minimum absolute atomic E-state index is 0.156. The van der Waals surface area contributed by atoms with Crippen LogP contribution in [0.3, 0.4) is 0 Å². The van der Waals surface area contributed by atoms with Gasteiger partial charge in [0.1, 0.15) is 0 Å². The Hall–Kier alpha value is -0.750. The summed E-state index contributed by atoms with van der Waals surface area (Å²) in [7, 11) is 0. The van der Waals surface area contributed by atoms with Crippen LogP contribution in [-0.4, -0.2) is 19.3 Å². The lowest BCUT2D eigenvalue weighted by Crippen LogP contribution is -2.39. The zero-order chi connectivity index (χ0) is 14.0. The zero-order valence-electron chi connectivity index (χ0n) is 10.4. The van der Waals surface area contributed by atoms with E-state index in [-0.39, 0.29) is 12.8 Å². The number of rotatable bonds is 2. The van der Waals surface area contributed by atoms with Gasteiger partial charge in [0.05, 0.1) is 5.92 Å². The van der Waals surface area contributed by atoms with Crippen molar-refractivity contribution in [1.82, 2.24) is 0 Å². The molecule has 0 saturated carbocycles. The Bertz CT molecular complexity index is 440. The highest BCUT2D eigenvalue weighted by Gasteiger charge is 2.41. The van der Waals surface area contributed by atoms with E-state index >= 15 is 0 Å². The summed E-state index contributed by atoms with van der Waals surface area (Å²) in [5.41, 5.74) is 7.60. The van der Waals surface area contributed by atoms with Gasteiger partial charge in [-0.05, 0) is 36.6 Å². The van der Waals surface area contributed by atoms with Gasteiger partial charge in [-0.2, -0.15) is 13.2 Å². The lowest BCUT2D eigenvalue weighted by Gasteiger charge is -2.35. The Balaban J connectivity index is 2.10. The summed E-state index contributed by atoms with van der Waals surface area (Å²) in [6, 6.07) is 5.73. The standard InChI is InChI=1S/C13H16BrF3N2/c14-11-1-2-12(9(7-11)8-18)19-5-3-10(4-6-19)13(15,16)17/h1-2,7,10H,3-6,8,18H2. The van der Waals surface area contributed by atoms with Gasteiger partial charge in [-0.15, -0.1) is 0 Å². The number of alkyl halides is 3. The molecule has 19 heavy (non-hydrogen) atoms. The van der Waals surface area contributed by atoms with Crippen molar-refractivity contribution < 1.29 is 13.2 Å². The molecule has 1 heterocycles. The van der Waals surface area contributed by atoms with E-state index < -0.39 is 12.1 Å². The van der Waals surface area contributed by atoms with Crippen LogP contribution in [0.4, 0.5) is 18.9 Å². The molecule has 0 unspecified atom stereocenters. The number of anilines is 1. The molecule has 2 N–H and O–H groups in total. The smallest absolute Gasteiger partial charge is 0.371 e. The molecule has 0 aromatic heterocycles. The van der Waals surface area contributed by atoms with Crippen molar-refractivity contribution in [3.63, 3.8) is 0 Å². The van der Waals surface area contributed by atoms with Gasteiger partial charge in [0.25, 0.3) is 0 Å². The first-order valence-corrected chi connectivity index (χ1v) is 7.01. The molecule has 1 aromatic carbocycles. The Morgan fingerprint density at radius 1 is 1.26 bits per heavy atom. The van der Waals surface area contributed by atoms with Crippen molar-refractivity contribution >= 4 is 21.6 Å². The fourth-order valence-corrected chi connectivity index (χ4v) is 2.88. The number of hydrogen-bond donors (Lipinski definition) is 1. The van der Waals surface area contributed by atoms with Gasteiger partial charge in [-0.3, -0.25) is 0 Å². The number of halogens is 4. The lowest BCUT2D eigenvalue weighted by atomic mass is 9.95. The maximum absolute atomic E-state index is 12.6. The van der Waals surface area contributed by atoms with Gasteiger partial charge in [0.15, 0.2) is 0 Å². The predicted octanol–water partition coefficient (Wildman–Crippen LogP) is 3.69. The molecular weight excluding hydrogens is 321 g/mol. The van der Waals surface area contributed by atoms with Crippen LogP contribution >= 0.6 is 15.9 Å². The fourth-order valence-electron chi connectivity index (χ4n) is 2.47. The summed E-state index contributed by atoms with van der Waals surface area (Å²) >= 11 is 3.37. The SMILES string of the molecule is NCc1cc(Br)ccc1N1CCC(C(F)(F)F)CC1. The maximum atomic E-state index is 12.6. The summed E-state index contributed by atoms with van der Waals surface area (Å²) in [6.07, 6.45) is -3.75. The molecule has 2 rings (SSSR count). The van der Waals surface area contributed by atoms with Crippen LogP contribution in [0.5, 0.6) is 0 Å². The molecule has 1 aromatic rings.